The number of hydrogen-bond donors (Lipinski definition) is 2. The molecule has 2 N–H and O–H groups in total. The molecule has 0 bridgehead atoms. The summed E-state index contributed by atoms with van der Waals surface area (Å²) in [5.41, 5.74) is 2.72. The van der Waals surface area contributed by atoms with Gasteiger partial charge < -0.3 is 20.1 Å². The number of nitrogens with one attached hydrogen (secondary N) is 2. The number of rotatable bonds is 10. The van der Waals surface area contributed by atoms with Gasteiger partial charge in [-0.1, -0.05) is 25.5 Å². The number of halogens is 4. The van der Waals surface area contributed by atoms with E-state index < -0.39 is 23.7 Å². The third-order valence-corrected chi connectivity index (χ3v) is 7.62. The monoisotopic (exact) mass is 644 g/mol. The van der Waals surface area contributed by atoms with Crippen molar-refractivity contribution in [1.82, 2.24) is 20.1 Å². The van der Waals surface area contributed by atoms with Crippen molar-refractivity contribution in [2.45, 2.75) is 45.2 Å². The molecule has 3 amide bonds. The van der Waals surface area contributed by atoms with E-state index in [-0.39, 0.29) is 41.3 Å². The number of hydrogen-bond acceptors (Lipinski definition) is 7. The first-order valence-corrected chi connectivity index (χ1v) is 14.8. The maximum absolute atomic E-state index is 14.8. The zero-order valence-electron chi connectivity index (χ0n) is 24.1. The molecule has 1 fully saturated rings. The van der Waals surface area contributed by atoms with Gasteiger partial charge >= 0.3 is 12.4 Å². The average molecular weight is 645 g/mol. The number of aryl methyl sites for hydroxylation is 2. The molecule has 4 aromatic rings. The molecular weight excluding hydrogens is 616 g/mol. The van der Waals surface area contributed by atoms with Crippen molar-refractivity contribution in [2.24, 2.45) is 0 Å². The topological polar surface area (TPSA) is 111 Å². The normalized spacial score (nSPS) is 14.8. The molecule has 45 heavy (non-hydrogen) atoms. The average Bonchev–Trinajstić information content (AvgIpc) is 3.59. The molecule has 1 aliphatic heterocycles. The van der Waals surface area contributed by atoms with Gasteiger partial charge in [-0.3, -0.25) is 9.69 Å². The van der Waals surface area contributed by atoms with E-state index in [1.165, 1.54) is 47.0 Å². The predicted octanol–water partition coefficient (Wildman–Crippen LogP) is 6.33. The van der Waals surface area contributed by atoms with Gasteiger partial charge in [0.05, 0.1) is 17.1 Å². The van der Waals surface area contributed by atoms with E-state index in [4.69, 9.17) is 4.74 Å². The fourth-order valence-electron chi connectivity index (χ4n) is 4.58. The van der Waals surface area contributed by atoms with Gasteiger partial charge in [0.25, 0.3) is 0 Å². The Morgan fingerprint density at radius 2 is 1.89 bits per heavy atom. The number of thioether (sulfide) groups is 1. The van der Waals surface area contributed by atoms with Crippen LogP contribution in [0.3, 0.4) is 0 Å². The predicted molar refractivity (Wildman–Crippen MR) is 160 cm³/mol. The van der Waals surface area contributed by atoms with Crippen LogP contribution in [-0.4, -0.2) is 44.3 Å². The summed E-state index contributed by atoms with van der Waals surface area (Å²) in [7, 11) is 0. The summed E-state index contributed by atoms with van der Waals surface area (Å²) in [6.45, 7) is 3.80. The molecule has 0 radical (unpaired) electrons. The van der Waals surface area contributed by atoms with Crippen LogP contribution in [0.15, 0.2) is 67.0 Å². The van der Waals surface area contributed by atoms with E-state index in [1.54, 1.807) is 4.90 Å². The van der Waals surface area contributed by atoms with Gasteiger partial charge in [-0.2, -0.15) is 0 Å². The molecule has 236 valence electrons. The first-order valence-electron chi connectivity index (χ1n) is 13.8. The van der Waals surface area contributed by atoms with Crippen molar-refractivity contribution in [3.63, 3.8) is 0 Å². The molecule has 1 aromatic heterocycles. The first-order chi connectivity index (χ1) is 21.5. The van der Waals surface area contributed by atoms with Gasteiger partial charge in [0.15, 0.2) is 22.9 Å². The number of nitrogens with zero attached hydrogens (tertiary/aromatic N) is 4. The number of carbonyl (C=O) groups is 2. The Labute approximate surface area is 259 Å². The van der Waals surface area contributed by atoms with Crippen LogP contribution in [0.2, 0.25) is 0 Å². The molecular formula is C30H28F4N6O4S. The number of urea groups is 1. The molecule has 2 heterocycles. The molecule has 0 spiro atoms. The highest BCUT2D eigenvalue weighted by molar-refractivity contribution is 8.01. The summed E-state index contributed by atoms with van der Waals surface area (Å²) in [6, 6.07) is 14.2. The van der Waals surface area contributed by atoms with Gasteiger partial charge in [-0.05, 0) is 66.9 Å². The summed E-state index contributed by atoms with van der Waals surface area (Å²) in [5, 5.41) is 9.57. The molecule has 10 nitrogen and oxygen atoms in total. The van der Waals surface area contributed by atoms with Gasteiger partial charge in [-0.25, -0.2) is 18.9 Å². The molecule has 0 saturated carbocycles. The molecule has 1 aliphatic rings. The number of ether oxygens (including phenoxy) is 2. The number of benzene rings is 3. The van der Waals surface area contributed by atoms with Crippen molar-refractivity contribution in [2.75, 3.05) is 16.0 Å². The van der Waals surface area contributed by atoms with Crippen molar-refractivity contribution in [1.29, 1.82) is 0 Å². The van der Waals surface area contributed by atoms with Crippen LogP contribution in [0.4, 0.5) is 33.7 Å². The second kappa shape index (κ2) is 13.5. The van der Waals surface area contributed by atoms with E-state index in [1.807, 2.05) is 25.1 Å². The highest BCUT2D eigenvalue weighted by atomic mass is 32.2. The Kier molecular flexibility index (Phi) is 9.46. The Bertz CT molecular complexity index is 1680. The van der Waals surface area contributed by atoms with Crippen molar-refractivity contribution >= 4 is 35.1 Å². The quantitative estimate of drug-likeness (QED) is 0.194. The lowest BCUT2D eigenvalue weighted by Crippen LogP contribution is -2.46. The third kappa shape index (κ3) is 8.03. The Balaban J connectivity index is 1.17. The number of aromatic nitrogens is 3. The van der Waals surface area contributed by atoms with Crippen molar-refractivity contribution in [3.05, 3.63) is 89.8 Å². The molecule has 15 heteroatoms. The molecule has 1 unspecified atom stereocenters. The summed E-state index contributed by atoms with van der Waals surface area (Å²) >= 11 is 1.29. The zero-order valence-corrected chi connectivity index (χ0v) is 24.9. The summed E-state index contributed by atoms with van der Waals surface area (Å²) < 4.78 is 62.6. The second-order valence-electron chi connectivity index (χ2n) is 9.99. The van der Waals surface area contributed by atoms with Crippen LogP contribution < -0.4 is 25.0 Å². The standard InChI is InChI=1S/C30H28F4N6O4S/c1-3-4-19-6-5-18(2)13-24(19)40-27(41)16-45-29(40)37-28(42)36-20-7-12-25(23(31)14-20)43-15-26-35-17-39(38-26)21-8-10-22(11-9-21)44-30(32,33)34/h5-14,17,29H,3-4,15-16H2,1-2H3,(H2,36,37,42). The molecule has 0 aliphatic carbocycles. The molecule has 5 rings (SSSR count). The van der Waals surface area contributed by atoms with Gasteiger partial charge in [0.1, 0.15) is 18.7 Å². The number of carbonyl (C=O) groups excluding carboxylic acids is 2. The largest absolute Gasteiger partial charge is 0.573 e. The lowest BCUT2D eigenvalue weighted by atomic mass is 10.0. The van der Waals surface area contributed by atoms with Crippen LogP contribution in [0.1, 0.15) is 30.3 Å². The summed E-state index contributed by atoms with van der Waals surface area (Å²) in [5.74, 6) is -0.954. The smallest absolute Gasteiger partial charge is 0.482 e. The Morgan fingerprint density at radius 3 is 2.60 bits per heavy atom. The Hall–Kier alpha value is -4.79. The van der Waals surface area contributed by atoms with Gasteiger partial charge in [-0.15, -0.1) is 30.0 Å². The third-order valence-electron chi connectivity index (χ3n) is 6.56. The van der Waals surface area contributed by atoms with Crippen LogP contribution in [-0.2, 0) is 17.8 Å². The lowest BCUT2D eigenvalue weighted by molar-refractivity contribution is -0.274. The van der Waals surface area contributed by atoms with E-state index >= 15 is 0 Å². The minimum Gasteiger partial charge on any atom is -0.482 e. The first kappa shape index (κ1) is 31.6. The number of amides is 3. The number of anilines is 2. The minimum atomic E-state index is -4.80. The molecule has 1 atom stereocenters. The molecule has 1 saturated heterocycles. The molecule has 3 aromatic carbocycles. The SMILES string of the molecule is CCCc1ccc(C)cc1N1C(=O)CSC1NC(=O)Nc1ccc(OCc2ncn(-c3ccc(OC(F)(F)F)cc3)n2)c(F)c1. The van der Waals surface area contributed by atoms with E-state index in [0.29, 0.717) is 5.69 Å². The maximum atomic E-state index is 14.8. The van der Waals surface area contributed by atoms with Crippen LogP contribution in [0.25, 0.3) is 5.69 Å². The van der Waals surface area contributed by atoms with E-state index in [2.05, 4.69) is 32.4 Å². The van der Waals surface area contributed by atoms with Gasteiger partial charge in [0.2, 0.25) is 5.91 Å². The fourth-order valence-corrected chi connectivity index (χ4v) is 5.59. The van der Waals surface area contributed by atoms with Crippen molar-refractivity contribution in [3.8, 4) is 17.2 Å². The van der Waals surface area contributed by atoms with Gasteiger partial charge in [0, 0.05) is 11.8 Å². The summed E-state index contributed by atoms with van der Waals surface area (Å²) in [6.07, 6.45) is -1.78. The highest BCUT2D eigenvalue weighted by Gasteiger charge is 2.35. The highest BCUT2D eigenvalue weighted by Crippen LogP contribution is 2.33. The lowest BCUT2D eigenvalue weighted by Gasteiger charge is -2.27. The van der Waals surface area contributed by atoms with Crippen LogP contribution >= 0.6 is 11.8 Å². The Morgan fingerprint density at radius 1 is 1.11 bits per heavy atom. The van der Waals surface area contributed by atoms with E-state index in [9.17, 15) is 27.2 Å². The van der Waals surface area contributed by atoms with Crippen LogP contribution in [0, 0.1) is 12.7 Å². The summed E-state index contributed by atoms with van der Waals surface area (Å²) in [4.78, 5) is 31.3. The maximum Gasteiger partial charge on any atom is 0.573 e. The minimum absolute atomic E-state index is 0.114. The van der Waals surface area contributed by atoms with Crippen LogP contribution in [0.5, 0.6) is 11.5 Å². The fraction of sp³-hybridized carbons (Fsp3) is 0.267. The second-order valence-corrected chi connectivity index (χ2v) is 11.1. The van der Waals surface area contributed by atoms with Crippen molar-refractivity contribution < 1.29 is 36.6 Å². The number of alkyl halides is 3. The van der Waals surface area contributed by atoms with E-state index in [0.717, 1.165) is 47.9 Å². The zero-order chi connectivity index (χ0) is 32.1.